The molecule has 0 unspecified atom stereocenters. The molecule has 0 radical (unpaired) electrons. The smallest absolute Gasteiger partial charge is 0.251 e. The second kappa shape index (κ2) is 6.61. The fourth-order valence-corrected chi connectivity index (χ4v) is 1.67. The number of hydrogen-bond donors (Lipinski definition) is 2. The van der Waals surface area contributed by atoms with Crippen LogP contribution in [0.2, 0.25) is 10.0 Å². The highest BCUT2D eigenvalue weighted by molar-refractivity contribution is 6.42. The number of benzene rings is 1. The van der Waals surface area contributed by atoms with E-state index in [-0.39, 0.29) is 24.3 Å². The standard InChI is InChI=1S/C12H14Cl2N2O2/c1-7(2-5-11(15)17)16-12(18)8-3-4-9(13)10(14)6-8/h3-4,6-7H,2,5H2,1H3,(H2,15,17)(H,16,18)/t7-/m1/s1. The van der Waals surface area contributed by atoms with Gasteiger partial charge in [0.15, 0.2) is 0 Å². The van der Waals surface area contributed by atoms with E-state index in [1.807, 2.05) is 0 Å². The number of carbonyl (C=O) groups excluding carboxylic acids is 2. The average molecular weight is 289 g/mol. The molecule has 1 atom stereocenters. The summed E-state index contributed by atoms with van der Waals surface area (Å²) in [6.45, 7) is 1.80. The molecule has 18 heavy (non-hydrogen) atoms. The van der Waals surface area contributed by atoms with E-state index in [2.05, 4.69) is 5.32 Å². The third-order valence-electron chi connectivity index (χ3n) is 2.38. The van der Waals surface area contributed by atoms with Crippen molar-refractivity contribution < 1.29 is 9.59 Å². The van der Waals surface area contributed by atoms with E-state index < -0.39 is 0 Å². The van der Waals surface area contributed by atoms with Crippen molar-refractivity contribution in [1.29, 1.82) is 0 Å². The zero-order valence-electron chi connectivity index (χ0n) is 9.87. The Morgan fingerprint density at radius 1 is 1.33 bits per heavy atom. The second-order valence-corrected chi connectivity index (χ2v) is 4.82. The summed E-state index contributed by atoms with van der Waals surface area (Å²) < 4.78 is 0. The maximum atomic E-state index is 11.8. The average Bonchev–Trinajstić information content (AvgIpc) is 2.30. The van der Waals surface area contributed by atoms with E-state index in [1.54, 1.807) is 19.1 Å². The largest absolute Gasteiger partial charge is 0.370 e. The third-order valence-corrected chi connectivity index (χ3v) is 3.12. The van der Waals surface area contributed by atoms with Crippen molar-refractivity contribution in [1.82, 2.24) is 5.32 Å². The summed E-state index contributed by atoms with van der Waals surface area (Å²) in [5.41, 5.74) is 5.46. The highest BCUT2D eigenvalue weighted by Crippen LogP contribution is 2.22. The Morgan fingerprint density at radius 3 is 2.56 bits per heavy atom. The number of nitrogens with one attached hydrogen (secondary N) is 1. The fourth-order valence-electron chi connectivity index (χ4n) is 1.38. The summed E-state index contributed by atoms with van der Waals surface area (Å²) in [6.07, 6.45) is 0.741. The summed E-state index contributed by atoms with van der Waals surface area (Å²) >= 11 is 11.6. The van der Waals surface area contributed by atoms with Gasteiger partial charge in [0.05, 0.1) is 10.0 Å². The molecular formula is C12H14Cl2N2O2. The number of primary amides is 1. The lowest BCUT2D eigenvalue weighted by Gasteiger charge is -2.13. The zero-order chi connectivity index (χ0) is 13.7. The van der Waals surface area contributed by atoms with Crippen molar-refractivity contribution in [3.8, 4) is 0 Å². The molecule has 0 aliphatic rings. The van der Waals surface area contributed by atoms with Crippen LogP contribution in [0, 0.1) is 0 Å². The van der Waals surface area contributed by atoms with Crippen LogP contribution in [0.1, 0.15) is 30.1 Å². The lowest BCUT2D eigenvalue weighted by Crippen LogP contribution is -2.33. The molecule has 1 aromatic carbocycles. The minimum absolute atomic E-state index is 0.139. The molecule has 98 valence electrons. The molecule has 0 bridgehead atoms. The Bertz CT molecular complexity index is 463. The lowest BCUT2D eigenvalue weighted by molar-refractivity contribution is -0.118. The van der Waals surface area contributed by atoms with Gasteiger partial charge in [0.1, 0.15) is 0 Å². The number of halogens is 2. The number of nitrogens with two attached hydrogens (primary N) is 1. The maximum Gasteiger partial charge on any atom is 0.251 e. The van der Waals surface area contributed by atoms with Crippen LogP contribution in [-0.2, 0) is 4.79 Å². The van der Waals surface area contributed by atoms with Crippen LogP contribution in [0.25, 0.3) is 0 Å². The first-order chi connectivity index (χ1) is 8.40. The van der Waals surface area contributed by atoms with Gasteiger partial charge in [-0.3, -0.25) is 9.59 Å². The fraction of sp³-hybridized carbons (Fsp3) is 0.333. The molecule has 0 aliphatic heterocycles. The summed E-state index contributed by atoms with van der Waals surface area (Å²) in [7, 11) is 0. The molecule has 1 aromatic rings. The van der Waals surface area contributed by atoms with Gasteiger partial charge in [0.25, 0.3) is 5.91 Å². The Balaban J connectivity index is 2.59. The van der Waals surface area contributed by atoms with E-state index in [0.29, 0.717) is 22.0 Å². The van der Waals surface area contributed by atoms with Gasteiger partial charge in [-0.05, 0) is 31.5 Å². The molecule has 2 amide bonds. The van der Waals surface area contributed by atoms with Crippen LogP contribution in [0.3, 0.4) is 0 Å². The van der Waals surface area contributed by atoms with Gasteiger partial charge in [-0.15, -0.1) is 0 Å². The van der Waals surface area contributed by atoms with Gasteiger partial charge in [-0.2, -0.15) is 0 Å². The quantitative estimate of drug-likeness (QED) is 0.873. The molecule has 3 N–H and O–H groups in total. The summed E-state index contributed by atoms with van der Waals surface area (Å²) in [5.74, 6) is -0.642. The van der Waals surface area contributed by atoms with Gasteiger partial charge in [-0.25, -0.2) is 0 Å². The summed E-state index contributed by atoms with van der Waals surface area (Å²) in [5, 5.41) is 3.48. The maximum absolute atomic E-state index is 11.8. The van der Waals surface area contributed by atoms with Crippen molar-refractivity contribution >= 4 is 35.0 Å². The number of hydrogen-bond acceptors (Lipinski definition) is 2. The molecule has 0 heterocycles. The number of amides is 2. The molecule has 0 aliphatic carbocycles. The molecule has 4 nitrogen and oxygen atoms in total. The highest BCUT2D eigenvalue weighted by Gasteiger charge is 2.11. The van der Waals surface area contributed by atoms with Crippen LogP contribution in [0.5, 0.6) is 0 Å². The van der Waals surface area contributed by atoms with Crippen LogP contribution < -0.4 is 11.1 Å². The molecule has 1 rings (SSSR count). The first-order valence-corrected chi connectivity index (χ1v) is 6.20. The van der Waals surface area contributed by atoms with E-state index in [9.17, 15) is 9.59 Å². The SMILES string of the molecule is C[C@H](CCC(N)=O)NC(=O)c1ccc(Cl)c(Cl)c1. The Morgan fingerprint density at radius 2 is 2.00 bits per heavy atom. The molecule has 0 saturated heterocycles. The van der Waals surface area contributed by atoms with Gasteiger partial charge in [0, 0.05) is 18.0 Å². The van der Waals surface area contributed by atoms with Gasteiger partial charge in [0.2, 0.25) is 5.91 Å². The predicted molar refractivity (Wildman–Crippen MR) is 71.8 cm³/mol. The van der Waals surface area contributed by atoms with E-state index in [1.165, 1.54) is 6.07 Å². The van der Waals surface area contributed by atoms with E-state index >= 15 is 0 Å². The molecular weight excluding hydrogens is 275 g/mol. The summed E-state index contributed by atoms with van der Waals surface area (Å²) in [6, 6.07) is 4.51. The van der Waals surface area contributed by atoms with E-state index in [0.717, 1.165) is 0 Å². The molecule has 0 spiro atoms. The molecule has 0 saturated carbocycles. The number of carbonyl (C=O) groups is 2. The minimum atomic E-state index is -0.384. The van der Waals surface area contributed by atoms with Gasteiger partial charge >= 0.3 is 0 Å². The molecule has 0 fully saturated rings. The molecule has 0 aromatic heterocycles. The lowest BCUT2D eigenvalue weighted by atomic mass is 10.1. The predicted octanol–water partition coefficient (Wildman–Crippen LogP) is 2.38. The second-order valence-electron chi connectivity index (χ2n) is 4.01. The van der Waals surface area contributed by atoms with Crippen LogP contribution >= 0.6 is 23.2 Å². The van der Waals surface area contributed by atoms with Gasteiger partial charge in [-0.1, -0.05) is 23.2 Å². The number of rotatable bonds is 5. The minimum Gasteiger partial charge on any atom is -0.370 e. The summed E-state index contributed by atoms with van der Waals surface area (Å²) in [4.78, 5) is 22.5. The van der Waals surface area contributed by atoms with Crippen molar-refractivity contribution in [3.63, 3.8) is 0 Å². The van der Waals surface area contributed by atoms with Crippen molar-refractivity contribution in [2.45, 2.75) is 25.8 Å². The normalized spacial score (nSPS) is 11.9. The first kappa shape index (κ1) is 14.8. The zero-order valence-corrected chi connectivity index (χ0v) is 11.4. The monoisotopic (exact) mass is 288 g/mol. The van der Waals surface area contributed by atoms with Crippen molar-refractivity contribution in [2.75, 3.05) is 0 Å². The van der Waals surface area contributed by atoms with E-state index in [4.69, 9.17) is 28.9 Å². The van der Waals surface area contributed by atoms with Crippen molar-refractivity contribution in [2.24, 2.45) is 5.73 Å². The molecule has 6 heteroatoms. The van der Waals surface area contributed by atoms with Crippen molar-refractivity contribution in [3.05, 3.63) is 33.8 Å². The Kier molecular flexibility index (Phi) is 5.44. The first-order valence-electron chi connectivity index (χ1n) is 5.44. The highest BCUT2D eigenvalue weighted by atomic mass is 35.5. The topological polar surface area (TPSA) is 72.2 Å². The third kappa shape index (κ3) is 4.55. The van der Waals surface area contributed by atoms with Crippen LogP contribution in [-0.4, -0.2) is 17.9 Å². The Hall–Kier alpha value is -1.26. The van der Waals surface area contributed by atoms with Gasteiger partial charge < -0.3 is 11.1 Å². The Labute approximate surface area is 115 Å². The van der Waals surface area contributed by atoms with Crippen LogP contribution in [0.15, 0.2) is 18.2 Å². The van der Waals surface area contributed by atoms with Crippen LogP contribution in [0.4, 0.5) is 0 Å².